The average molecular weight is 311 g/mol. The summed E-state index contributed by atoms with van der Waals surface area (Å²) in [5.74, 6) is 0.0875. The first-order valence-corrected chi connectivity index (χ1v) is 7.12. The van der Waals surface area contributed by atoms with Gasteiger partial charge in [-0.2, -0.15) is 0 Å². The molecule has 1 aliphatic rings. The summed E-state index contributed by atoms with van der Waals surface area (Å²) in [6.45, 7) is 1.84. The largest absolute Gasteiger partial charge is 0.466 e. The highest BCUT2D eigenvalue weighted by Crippen LogP contribution is 2.31. The van der Waals surface area contributed by atoms with Crippen LogP contribution in [0.5, 0.6) is 0 Å². The predicted octanol–water partition coefficient (Wildman–Crippen LogP) is 2.96. The second-order valence-corrected chi connectivity index (χ2v) is 6.43. The van der Waals surface area contributed by atoms with E-state index in [0.717, 1.165) is 4.88 Å². The zero-order chi connectivity index (χ0) is 14.3. The molecule has 1 fully saturated rings. The van der Waals surface area contributed by atoms with Gasteiger partial charge in [0.15, 0.2) is 5.54 Å². The van der Waals surface area contributed by atoms with Crippen LogP contribution in [0.25, 0.3) is 0 Å². The van der Waals surface area contributed by atoms with Gasteiger partial charge in [-0.3, -0.25) is 9.69 Å². The Morgan fingerprint density at radius 3 is 2.80 bits per heavy atom. The molecule has 0 aliphatic carbocycles. The van der Waals surface area contributed by atoms with Crippen molar-refractivity contribution in [1.82, 2.24) is 10.2 Å². The lowest BCUT2D eigenvalue weighted by Crippen LogP contribution is -2.40. The second-order valence-electron chi connectivity index (χ2n) is 4.63. The molecule has 0 radical (unpaired) electrons. The zero-order valence-electron chi connectivity index (χ0n) is 10.6. The lowest BCUT2D eigenvalue weighted by atomic mass is 9.99. The van der Waals surface area contributed by atoms with Gasteiger partial charge in [-0.05, 0) is 31.2 Å². The van der Waals surface area contributed by atoms with Gasteiger partial charge in [0.1, 0.15) is 5.76 Å². The van der Waals surface area contributed by atoms with Crippen LogP contribution >= 0.6 is 22.9 Å². The van der Waals surface area contributed by atoms with Gasteiger partial charge >= 0.3 is 6.03 Å². The molecule has 0 spiro atoms. The number of hydrogen-bond acceptors (Lipinski definition) is 4. The number of urea groups is 1. The Kier molecular flexibility index (Phi) is 3.07. The van der Waals surface area contributed by atoms with E-state index in [9.17, 15) is 9.59 Å². The van der Waals surface area contributed by atoms with Crippen LogP contribution in [0.1, 0.15) is 17.6 Å². The van der Waals surface area contributed by atoms with Crippen molar-refractivity contribution in [3.8, 4) is 0 Å². The number of carbonyl (C=O) groups is 2. The summed E-state index contributed by atoms with van der Waals surface area (Å²) in [5.41, 5.74) is -1.15. The van der Waals surface area contributed by atoms with Crippen molar-refractivity contribution in [1.29, 1.82) is 0 Å². The number of hydrogen-bond donors (Lipinski definition) is 1. The number of furan rings is 1. The Balaban J connectivity index is 1.87. The van der Waals surface area contributed by atoms with Crippen molar-refractivity contribution >= 4 is 34.9 Å². The van der Waals surface area contributed by atoms with Crippen LogP contribution in [0.4, 0.5) is 4.79 Å². The lowest BCUT2D eigenvalue weighted by Gasteiger charge is -2.18. The molecule has 1 saturated heterocycles. The second kappa shape index (κ2) is 4.64. The van der Waals surface area contributed by atoms with Crippen molar-refractivity contribution in [2.24, 2.45) is 0 Å². The highest BCUT2D eigenvalue weighted by molar-refractivity contribution is 7.16. The van der Waals surface area contributed by atoms with E-state index in [-0.39, 0.29) is 12.5 Å². The maximum atomic E-state index is 12.5. The van der Waals surface area contributed by atoms with Crippen LogP contribution in [-0.2, 0) is 16.9 Å². The zero-order valence-corrected chi connectivity index (χ0v) is 12.1. The van der Waals surface area contributed by atoms with Crippen molar-refractivity contribution in [2.45, 2.75) is 19.0 Å². The lowest BCUT2D eigenvalue weighted by molar-refractivity contribution is -0.132. The van der Waals surface area contributed by atoms with E-state index in [1.807, 2.05) is 0 Å². The third-order valence-corrected chi connectivity index (χ3v) is 4.45. The minimum absolute atomic E-state index is 0.207. The highest BCUT2D eigenvalue weighted by atomic mass is 35.5. The molecule has 1 aliphatic heterocycles. The molecular formula is C13H11ClN2O3S. The van der Waals surface area contributed by atoms with Crippen LogP contribution in [-0.4, -0.2) is 16.8 Å². The molecule has 104 valence electrons. The monoisotopic (exact) mass is 310 g/mol. The summed E-state index contributed by atoms with van der Waals surface area (Å²) >= 11 is 7.20. The van der Waals surface area contributed by atoms with Gasteiger partial charge in [0.2, 0.25) is 0 Å². The molecule has 2 aromatic rings. The van der Waals surface area contributed by atoms with Crippen LogP contribution in [0.3, 0.4) is 0 Å². The molecule has 5 nitrogen and oxygen atoms in total. The topological polar surface area (TPSA) is 62.6 Å². The predicted molar refractivity (Wildman–Crippen MR) is 74.5 cm³/mol. The molecule has 0 unspecified atom stereocenters. The molecule has 20 heavy (non-hydrogen) atoms. The number of nitrogens with zero attached hydrogens (tertiary/aromatic N) is 1. The number of imide groups is 1. The fourth-order valence-corrected chi connectivity index (χ4v) is 3.24. The molecule has 0 bridgehead atoms. The first-order chi connectivity index (χ1) is 9.50. The van der Waals surface area contributed by atoms with E-state index in [2.05, 4.69) is 5.32 Å². The number of halogens is 1. The van der Waals surface area contributed by atoms with Gasteiger partial charge < -0.3 is 9.73 Å². The highest BCUT2D eigenvalue weighted by Gasteiger charge is 2.50. The Bertz CT molecular complexity index is 667. The van der Waals surface area contributed by atoms with Crippen LogP contribution in [0.2, 0.25) is 4.34 Å². The Hall–Kier alpha value is -1.79. The van der Waals surface area contributed by atoms with E-state index < -0.39 is 11.6 Å². The van der Waals surface area contributed by atoms with Gasteiger partial charge in [0, 0.05) is 4.88 Å². The smallest absolute Gasteiger partial charge is 0.325 e. The van der Waals surface area contributed by atoms with Crippen LogP contribution in [0.15, 0.2) is 34.9 Å². The number of nitrogens with one attached hydrogen (secondary N) is 1. The average Bonchev–Trinajstić information content (AvgIpc) is 3.09. The third-order valence-electron chi connectivity index (χ3n) is 3.23. The molecule has 2 aromatic heterocycles. The fourth-order valence-electron chi connectivity index (χ4n) is 2.16. The van der Waals surface area contributed by atoms with Gasteiger partial charge in [-0.15, -0.1) is 11.3 Å². The Morgan fingerprint density at radius 2 is 2.20 bits per heavy atom. The Labute approximate surface area is 124 Å². The maximum absolute atomic E-state index is 12.5. The molecule has 0 aromatic carbocycles. The van der Waals surface area contributed by atoms with E-state index in [4.69, 9.17) is 16.0 Å². The van der Waals surface area contributed by atoms with E-state index in [1.54, 1.807) is 31.2 Å². The number of carbonyl (C=O) groups excluding carboxylic acids is 2. The molecule has 3 heterocycles. The minimum atomic E-state index is -1.15. The summed E-state index contributed by atoms with van der Waals surface area (Å²) in [6, 6.07) is 6.46. The van der Waals surface area contributed by atoms with Gasteiger partial charge in [0.25, 0.3) is 5.91 Å². The van der Waals surface area contributed by atoms with Crippen LogP contribution in [0, 0.1) is 0 Å². The molecule has 3 amide bonds. The molecule has 0 saturated carbocycles. The van der Waals surface area contributed by atoms with E-state index in [0.29, 0.717) is 10.1 Å². The maximum Gasteiger partial charge on any atom is 0.325 e. The van der Waals surface area contributed by atoms with Gasteiger partial charge in [-0.1, -0.05) is 11.6 Å². The summed E-state index contributed by atoms with van der Waals surface area (Å²) in [7, 11) is 0. The summed E-state index contributed by atoms with van der Waals surface area (Å²) in [6.07, 6.45) is 1.47. The van der Waals surface area contributed by atoms with E-state index in [1.165, 1.54) is 22.5 Å². The standard InChI is InChI=1S/C13H11ClN2O3S/c1-13(9-3-2-6-19-9)11(17)16(12(18)15-13)7-8-4-5-10(14)20-8/h2-6H,7H2,1H3,(H,15,18)/t13-/m0/s1. The first-order valence-electron chi connectivity index (χ1n) is 5.93. The SMILES string of the molecule is C[C@@]1(c2ccco2)NC(=O)N(Cc2ccc(Cl)s2)C1=O. The number of amides is 3. The first kappa shape index (κ1) is 13.2. The number of rotatable bonds is 3. The molecule has 7 heteroatoms. The van der Waals surface area contributed by atoms with Crippen molar-refractivity contribution < 1.29 is 14.0 Å². The van der Waals surface area contributed by atoms with Crippen molar-refractivity contribution in [3.05, 3.63) is 45.5 Å². The van der Waals surface area contributed by atoms with Crippen molar-refractivity contribution in [2.75, 3.05) is 0 Å². The van der Waals surface area contributed by atoms with E-state index >= 15 is 0 Å². The molecule has 3 rings (SSSR count). The Morgan fingerprint density at radius 1 is 1.40 bits per heavy atom. The van der Waals surface area contributed by atoms with Crippen LogP contribution < -0.4 is 5.32 Å². The number of thiophene rings is 1. The fraction of sp³-hybridized carbons (Fsp3) is 0.231. The summed E-state index contributed by atoms with van der Waals surface area (Å²) < 4.78 is 5.89. The minimum Gasteiger partial charge on any atom is -0.466 e. The van der Waals surface area contributed by atoms with Gasteiger partial charge in [-0.25, -0.2) is 4.79 Å². The molecule has 1 N–H and O–H groups in total. The molecule has 1 atom stereocenters. The normalized spacial score (nSPS) is 22.4. The third kappa shape index (κ3) is 2.01. The van der Waals surface area contributed by atoms with Crippen molar-refractivity contribution in [3.63, 3.8) is 0 Å². The van der Waals surface area contributed by atoms with Gasteiger partial charge in [0.05, 0.1) is 17.1 Å². The molecular weight excluding hydrogens is 300 g/mol. The summed E-state index contributed by atoms with van der Waals surface area (Å²) in [5, 5.41) is 2.67. The summed E-state index contributed by atoms with van der Waals surface area (Å²) in [4.78, 5) is 26.6. The quantitative estimate of drug-likeness (QED) is 0.887.